The number of amides is 2. The highest BCUT2D eigenvalue weighted by Crippen LogP contribution is 2.21. The molecule has 0 radical (unpaired) electrons. The van der Waals surface area contributed by atoms with E-state index in [2.05, 4.69) is 10.3 Å². The smallest absolute Gasteiger partial charge is 0.237 e. The van der Waals surface area contributed by atoms with Crippen molar-refractivity contribution in [2.24, 2.45) is 5.41 Å². The molecule has 1 aromatic heterocycles. The van der Waals surface area contributed by atoms with E-state index >= 15 is 0 Å². The Balaban J connectivity index is 1.92. The highest BCUT2D eigenvalue weighted by Gasteiger charge is 2.40. The zero-order valence-corrected chi connectivity index (χ0v) is 15.7. The van der Waals surface area contributed by atoms with E-state index in [1.807, 2.05) is 12.1 Å². The molecule has 1 aromatic rings. The van der Waals surface area contributed by atoms with E-state index in [9.17, 15) is 18.0 Å². The van der Waals surface area contributed by atoms with Gasteiger partial charge in [-0.1, -0.05) is 0 Å². The molecule has 25 heavy (non-hydrogen) atoms. The maximum Gasteiger partial charge on any atom is 0.237 e. The molecule has 1 aliphatic heterocycles. The quantitative estimate of drug-likeness (QED) is 0.735. The second-order valence-electron chi connectivity index (χ2n) is 7.03. The molecule has 0 saturated carbocycles. The number of likely N-dealkylation sites (N-methyl/N-ethyl adjacent to an activating group) is 1. The van der Waals surface area contributed by atoms with Gasteiger partial charge in [-0.2, -0.15) is 0 Å². The first-order chi connectivity index (χ1) is 11.6. The number of carbonyl (C=O) groups is 2. The number of aromatic nitrogens is 1. The summed E-state index contributed by atoms with van der Waals surface area (Å²) in [6.07, 6.45) is 4.47. The zero-order chi connectivity index (χ0) is 18.7. The summed E-state index contributed by atoms with van der Waals surface area (Å²) in [5, 5.41) is 2.71. The first-order valence-corrected chi connectivity index (χ1v) is 10.1. The maximum absolute atomic E-state index is 12.7. The molecule has 2 heterocycles. The summed E-state index contributed by atoms with van der Waals surface area (Å²) in [5.74, 6) is -0.700. The second kappa shape index (κ2) is 7.51. The van der Waals surface area contributed by atoms with Gasteiger partial charge in [0.25, 0.3) is 0 Å². The Bertz CT molecular complexity index is 732. The summed E-state index contributed by atoms with van der Waals surface area (Å²) < 4.78 is 23.0. The van der Waals surface area contributed by atoms with E-state index in [1.165, 1.54) is 4.90 Å². The Morgan fingerprint density at radius 2 is 1.96 bits per heavy atom. The average Bonchev–Trinajstić information content (AvgIpc) is 2.91. The summed E-state index contributed by atoms with van der Waals surface area (Å²) in [7, 11) is -1.41. The number of pyridine rings is 1. The molecule has 1 fully saturated rings. The molecule has 0 bridgehead atoms. The van der Waals surface area contributed by atoms with Crippen LogP contribution >= 0.6 is 0 Å². The normalized spacial score (nSPS) is 19.4. The van der Waals surface area contributed by atoms with Crippen LogP contribution < -0.4 is 5.32 Å². The Hall–Kier alpha value is -1.96. The van der Waals surface area contributed by atoms with E-state index in [0.717, 1.165) is 5.56 Å². The molecule has 1 aliphatic rings. The third kappa shape index (κ3) is 5.01. The molecule has 1 saturated heterocycles. The van der Waals surface area contributed by atoms with Crippen LogP contribution in [-0.4, -0.2) is 61.3 Å². The van der Waals surface area contributed by atoms with Crippen molar-refractivity contribution in [2.45, 2.75) is 32.7 Å². The molecule has 1 N–H and O–H groups in total. The lowest BCUT2D eigenvalue weighted by atomic mass is 9.90. The van der Waals surface area contributed by atoms with Crippen LogP contribution in [0.1, 0.15) is 25.8 Å². The molecular weight excluding hydrogens is 342 g/mol. The van der Waals surface area contributed by atoms with Crippen LogP contribution in [-0.2, 0) is 25.8 Å². The van der Waals surface area contributed by atoms with Gasteiger partial charge in [-0.3, -0.25) is 14.6 Å². The molecule has 0 spiro atoms. The van der Waals surface area contributed by atoms with E-state index in [4.69, 9.17) is 0 Å². The predicted molar refractivity (Wildman–Crippen MR) is 94.6 cm³/mol. The highest BCUT2D eigenvalue weighted by molar-refractivity contribution is 7.91. The Morgan fingerprint density at radius 3 is 2.52 bits per heavy atom. The molecule has 1 unspecified atom stereocenters. The molecule has 7 nitrogen and oxygen atoms in total. The second-order valence-corrected chi connectivity index (χ2v) is 9.26. The first kappa shape index (κ1) is 19.4. The van der Waals surface area contributed by atoms with Crippen molar-refractivity contribution in [1.29, 1.82) is 0 Å². The van der Waals surface area contributed by atoms with Gasteiger partial charge >= 0.3 is 0 Å². The average molecular weight is 367 g/mol. The van der Waals surface area contributed by atoms with Crippen molar-refractivity contribution >= 4 is 21.7 Å². The topological polar surface area (TPSA) is 96.4 Å². The Morgan fingerprint density at radius 1 is 1.32 bits per heavy atom. The minimum absolute atomic E-state index is 0.0547. The van der Waals surface area contributed by atoms with E-state index in [1.54, 1.807) is 33.3 Å². The van der Waals surface area contributed by atoms with Gasteiger partial charge in [-0.15, -0.1) is 0 Å². The lowest BCUT2D eigenvalue weighted by Gasteiger charge is -2.29. The van der Waals surface area contributed by atoms with Gasteiger partial charge in [0.15, 0.2) is 9.84 Å². The Labute approximate surface area is 148 Å². The van der Waals surface area contributed by atoms with E-state index < -0.39 is 27.2 Å². The summed E-state index contributed by atoms with van der Waals surface area (Å²) in [6, 6.07) is 3.36. The molecule has 1 atom stereocenters. The van der Waals surface area contributed by atoms with Crippen molar-refractivity contribution in [3.63, 3.8) is 0 Å². The fourth-order valence-electron chi connectivity index (χ4n) is 2.80. The number of nitrogens with one attached hydrogen (secondary N) is 1. The molecular formula is C17H25N3O4S. The number of nitrogens with zero attached hydrogens (tertiary/aromatic N) is 2. The molecule has 0 aliphatic carbocycles. The molecule has 138 valence electrons. The molecule has 2 amide bonds. The summed E-state index contributed by atoms with van der Waals surface area (Å²) >= 11 is 0. The van der Waals surface area contributed by atoms with Gasteiger partial charge in [0, 0.05) is 32.0 Å². The van der Waals surface area contributed by atoms with Crippen LogP contribution in [0.5, 0.6) is 0 Å². The van der Waals surface area contributed by atoms with Crippen LogP contribution in [0.25, 0.3) is 0 Å². The number of carbonyl (C=O) groups excluding carboxylic acids is 2. The summed E-state index contributed by atoms with van der Waals surface area (Å²) in [4.78, 5) is 30.6. The van der Waals surface area contributed by atoms with E-state index in [-0.39, 0.29) is 17.4 Å². The van der Waals surface area contributed by atoms with Crippen LogP contribution in [0.4, 0.5) is 0 Å². The minimum atomic E-state index is -3.08. The number of sulfone groups is 1. The van der Waals surface area contributed by atoms with Crippen LogP contribution in [0.2, 0.25) is 0 Å². The lowest BCUT2D eigenvalue weighted by molar-refractivity contribution is -0.147. The monoisotopic (exact) mass is 367 g/mol. The lowest BCUT2D eigenvalue weighted by Crippen LogP contribution is -2.51. The van der Waals surface area contributed by atoms with E-state index in [0.29, 0.717) is 19.4 Å². The SMILES string of the molecule is CN(CCc1ccncc1)C(=O)C(C)(C)C(=O)NC1CCS(=O)(=O)C1. The van der Waals surface area contributed by atoms with Gasteiger partial charge in [-0.25, -0.2) is 8.42 Å². The number of rotatable bonds is 6. The minimum Gasteiger partial charge on any atom is -0.351 e. The predicted octanol–water partition coefficient (Wildman–Crippen LogP) is 0.412. The fourth-order valence-corrected chi connectivity index (χ4v) is 4.47. The van der Waals surface area contributed by atoms with Crippen LogP contribution in [0.3, 0.4) is 0 Å². The highest BCUT2D eigenvalue weighted by atomic mass is 32.2. The number of hydrogen-bond acceptors (Lipinski definition) is 5. The van der Waals surface area contributed by atoms with Crippen molar-refractivity contribution in [3.05, 3.63) is 30.1 Å². The van der Waals surface area contributed by atoms with Gasteiger partial charge < -0.3 is 10.2 Å². The zero-order valence-electron chi connectivity index (χ0n) is 14.9. The van der Waals surface area contributed by atoms with Crippen molar-refractivity contribution < 1.29 is 18.0 Å². The molecule has 2 rings (SSSR count). The van der Waals surface area contributed by atoms with Crippen molar-refractivity contribution in [3.8, 4) is 0 Å². The summed E-state index contributed by atoms with van der Waals surface area (Å²) in [6.45, 7) is 3.62. The molecule has 8 heteroatoms. The van der Waals surface area contributed by atoms with Crippen LogP contribution in [0.15, 0.2) is 24.5 Å². The third-order valence-electron chi connectivity index (χ3n) is 4.50. The summed E-state index contributed by atoms with van der Waals surface area (Å²) in [5.41, 5.74) is -0.188. The van der Waals surface area contributed by atoms with Crippen LogP contribution in [0, 0.1) is 5.41 Å². The molecule has 0 aromatic carbocycles. The standard InChI is InChI=1S/C17H25N3O4S/c1-17(2,15(21)19-14-7-11-25(23,24)12-14)16(22)20(3)10-6-13-4-8-18-9-5-13/h4-5,8-9,14H,6-7,10-12H2,1-3H3,(H,19,21). The fraction of sp³-hybridized carbons (Fsp3) is 0.588. The first-order valence-electron chi connectivity index (χ1n) is 8.28. The Kier molecular flexibility index (Phi) is 5.82. The van der Waals surface area contributed by atoms with Gasteiger partial charge in [-0.05, 0) is 44.4 Å². The van der Waals surface area contributed by atoms with Gasteiger partial charge in [0.2, 0.25) is 11.8 Å². The third-order valence-corrected chi connectivity index (χ3v) is 6.27. The number of hydrogen-bond donors (Lipinski definition) is 1. The van der Waals surface area contributed by atoms with Crippen molar-refractivity contribution in [1.82, 2.24) is 15.2 Å². The van der Waals surface area contributed by atoms with Gasteiger partial charge in [0.05, 0.1) is 11.5 Å². The van der Waals surface area contributed by atoms with Crippen molar-refractivity contribution in [2.75, 3.05) is 25.1 Å². The maximum atomic E-state index is 12.7. The van der Waals surface area contributed by atoms with Gasteiger partial charge in [0.1, 0.15) is 5.41 Å². The largest absolute Gasteiger partial charge is 0.351 e.